The van der Waals surface area contributed by atoms with Crippen LogP contribution in [0, 0.1) is 11.8 Å². The van der Waals surface area contributed by atoms with Crippen molar-refractivity contribution >= 4 is 23.0 Å². The zero-order valence-electron chi connectivity index (χ0n) is 16.6. The second-order valence-electron chi connectivity index (χ2n) is 7.78. The Morgan fingerprint density at radius 2 is 2.04 bits per heavy atom. The summed E-state index contributed by atoms with van der Waals surface area (Å²) in [6, 6.07) is 4.55. The fourth-order valence-corrected chi connectivity index (χ4v) is 4.38. The van der Waals surface area contributed by atoms with Gasteiger partial charge in [0.2, 0.25) is 0 Å². The van der Waals surface area contributed by atoms with Crippen LogP contribution in [0.3, 0.4) is 0 Å². The molecular weight excluding hydrogens is 360 g/mol. The standard InChI is InChI=1S/C20H30N4O2S/c1-12(2)7-14-11-24-6-5-13-8-18(25-3)19(26-4)9-15(13)17(24)10-16(14)22-23-20(21)27/h8-9,12,14,17H,5-7,10-11H2,1-4H3,(H3,21,23,27)/b22-16+/t14-,17-/m1/s1. The van der Waals surface area contributed by atoms with Crippen molar-refractivity contribution in [2.24, 2.45) is 22.7 Å². The van der Waals surface area contributed by atoms with E-state index in [1.54, 1.807) is 14.2 Å². The molecule has 0 aliphatic carbocycles. The second-order valence-corrected chi connectivity index (χ2v) is 8.22. The lowest BCUT2D eigenvalue weighted by atomic mass is 9.79. The number of piperidine rings is 1. The lowest BCUT2D eigenvalue weighted by Gasteiger charge is -2.44. The van der Waals surface area contributed by atoms with Gasteiger partial charge in [-0.1, -0.05) is 13.8 Å². The molecule has 2 heterocycles. The maximum absolute atomic E-state index is 5.61. The van der Waals surface area contributed by atoms with Crippen LogP contribution >= 0.6 is 12.2 Å². The fraction of sp³-hybridized carbons (Fsp3) is 0.600. The summed E-state index contributed by atoms with van der Waals surface area (Å²) < 4.78 is 11.0. The van der Waals surface area contributed by atoms with Crippen LogP contribution in [0.2, 0.25) is 0 Å². The number of rotatable bonds is 5. The topological polar surface area (TPSA) is 72.1 Å². The SMILES string of the molecule is COc1cc2c(cc1OC)[C@H]1C/C(=N\NC(N)=S)[C@H](CC(C)C)CN1CC2. The van der Waals surface area contributed by atoms with Gasteiger partial charge in [0.1, 0.15) is 0 Å². The van der Waals surface area contributed by atoms with E-state index in [-0.39, 0.29) is 5.11 Å². The summed E-state index contributed by atoms with van der Waals surface area (Å²) in [5.74, 6) is 2.61. The van der Waals surface area contributed by atoms with Crippen molar-refractivity contribution < 1.29 is 9.47 Å². The molecule has 2 aliphatic heterocycles. The van der Waals surface area contributed by atoms with Crippen LogP contribution in [0.4, 0.5) is 0 Å². The van der Waals surface area contributed by atoms with E-state index in [9.17, 15) is 0 Å². The minimum atomic E-state index is 0.212. The van der Waals surface area contributed by atoms with Gasteiger partial charge in [0.15, 0.2) is 16.6 Å². The highest BCUT2D eigenvalue weighted by Gasteiger charge is 2.37. The minimum absolute atomic E-state index is 0.212. The van der Waals surface area contributed by atoms with Crippen molar-refractivity contribution in [2.45, 2.75) is 39.2 Å². The number of benzene rings is 1. The van der Waals surface area contributed by atoms with Crippen LogP contribution in [0.15, 0.2) is 17.2 Å². The van der Waals surface area contributed by atoms with E-state index in [1.807, 2.05) is 0 Å². The number of hydrazone groups is 1. The van der Waals surface area contributed by atoms with Gasteiger partial charge in [-0.3, -0.25) is 10.3 Å². The Kier molecular flexibility index (Phi) is 6.22. The van der Waals surface area contributed by atoms with Crippen molar-refractivity contribution in [1.29, 1.82) is 0 Å². The number of nitrogens with zero attached hydrogens (tertiary/aromatic N) is 2. The molecule has 2 aliphatic rings. The number of fused-ring (bicyclic) bond motifs is 3. The normalized spacial score (nSPS) is 23.7. The average Bonchev–Trinajstić information content (AvgIpc) is 2.64. The van der Waals surface area contributed by atoms with E-state index in [4.69, 9.17) is 27.4 Å². The number of hydrogen-bond acceptors (Lipinski definition) is 5. The van der Waals surface area contributed by atoms with Gasteiger partial charge in [0.25, 0.3) is 0 Å². The van der Waals surface area contributed by atoms with Crippen molar-refractivity contribution in [3.63, 3.8) is 0 Å². The summed E-state index contributed by atoms with van der Waals surface area (Å²) in [5, 5.41) is 4.79. The predicted molar refractivity (Wildman–Crippen MR) is 112 cm³/mol. The van der Waals surface area contributed by atoms with Crippen LogP contribution in [0.25, 0.3) is 0 Å². The molecule has 1 aromatic rings. The molecule has 1 aromatic carbocycles. The maximum Gasteiger partial charge on any atom is 0.184 e. The summed E-state index contributed by atoms with van der Waals surface area (Å²) in [4.78, 5) is 2.58. The Labute approximate surface area is 167 Å². The maximum atomic E-state index is 5.61. The molecule has 0 radical (unpaired) electrons. The molecule has 7 heteroatoms. The van der Waals surface area contributed by atoms with Gasteiger partial charge in [0.05, 0.1) is 14.2 Å². The first-order valence-electron chi connectivity index (χ1n) is 9.53. The third-order valence-electron chi connectivity index (χ3n) is 5.51. The quantitative estimate of drug-likeness (QED) is 0.595. The molecule has 0 aromatic heterocycles. The number of thiocarbonyl (C=S) groups is 1. The first kappa shape index (κ1) is 19.9. The van der Waals surface area contributed by atoms with E-state index in [2.05, 4.69) is 41.4 Å². The molecule has 1 fully saturated rings. The lowest BCUT2D eigenvalue weighted by Crippen LogP contribution is -2.47. The van der Waals surface area contributed by atoms with Crippen molar-refractivity contribution in [3.8, 4) is 11.5 Å². The van der Waals surface area contributed by atoms with Crippen LogP contribution in [-0.4, -0.2) is 43.0 Å². The van der Waals surface area contributed by atoms with E-state index in [1.165, 1.54) is 11.1 Å². The Hall–Kier alpha value is -1.86. The molecule has 0 saturated carbocycles. The summed E-state index contributed by atoms with van der Waals surface area (Å²) in [6.45, 7) is 6.58. The number of ether oxygens (including phenoxy) is 2. The number of nitrogens with one attached hydrogen (secondary N) is 1. The third kappa shape index (κ3) is 4.35. The van der Waals surface area contributed by atoms with Crippen molar-refractivity contribution in [1.82, 2.24) is 10.3 Å². The van der Waals surface area contributed by atoms with E-state index in [0.717, 1.165) is 49.6 Å². The summed E-state index contributed by atoms with van der Waals surface area (Å²) in [7, 11) is 3.37. The van der Waals surface area contributed by atoms with Crippen LogP contribution in [0.1, 0.15) is 43.9 Å². The van der Waals surface area contributed by atoms with Crippen molar-refractivity contribution in [3.05, 3.63) is 23.3 Å². The summed E-state index contributed by atoms with van der Waals surface area (Å²) >= 11 is 4.95. The van der Waals surface area contributed by atoms with Gasteiger partial charge in [-0.05, 0) is 54.2 Å². The minimum Gasteiger partial charge on any atom is -0.493 e. The number of methoxy groups -OCH3 is 2. The van der Waals surface area contributed by atoms with Gasteiger partial charge in [-0.25, -0.2) is 0 Å². The zero-order valence-corrected chi connectivity index (χ0v) is 17.4. The van der Waals surface area contributed by atoms with Crippen LogP contribution in [0.5, 0.6) is 11.5 Å². The third-order valence-corrected chi connectivity index (χ3v) is 5.60. The monoisotopic (exact) mass is 390 g/mol. The molecule has 6 nitrogen and oxygen atoms in total. The Balaban J connectivity index is 1.93. The number of hydrogen-bond donors (Lipinski definition) is 2. The van der Waals surface area contributed by atoms with Gasteiger partial charge in [-0.15, -0.1) is 0 Å². The molecule has 0 bridgehead atoms. The van der Waals surface area contributed by atoms with Gasteiger partial charge >= 0.3 is 0 Å². The summed E-state index contributed by atoms with van der Waals surface area (Å²) in [5.41, 5.74) is 12.2. The predicted octanol–water partition coefficient (Wildman–Crippen LogP) is 2.86. The van der Waals surface area contributed by atoms with Gasteiger partial charge in [0, 0.05) is 37.2 Å². The fourth-order valence-electron chi connectivity index (χ4n) is 4.33. The van der Waals surface area contributed by atoms with Gasteiger partial charge in [-0.2, -0.15) is 5.10 Å². The highest BCUT2D eigenvalue weighted by molar-refractivity contribution is 7.80. The highest BCUT2D eigenvalue weighted by Crippen LogP contribution is 2.42. The second kappa shape index (κ2) is 8.44. The molecule has 27 heavy (non-hydrogen) atoms. The number of nitrogens with two attached hydrogens (primary N) is 1. The van der Waals surface area contributed by atoms with Gasteiger partial charge < -0.3 is 15.2 Å². The molecule has 1 saturated heterocycles. The first-order valence-corrected chi connectivity index (χ1v) is 9.94. The summed E-state index contributed by atoms with van der Waals surface area (Å²) in [6.07, 6.45) is 3.01. The first-order chi connectivity index (χ1) is 12.9. The molecule has 2 atom stereocenters. The molecule has 0 unspecified atom stereocenters. The Morgan fingerprint density at radius 3 is 2.67 bits per heavy atom. The van der Waals surface area contributed by atoms with Crippen LogP contribution in [-0.2, 0) is 6.42 Å². The van der Waals surface area contributed by atoms with E-state index < -0.39 is 0 Å². The smallest absolute Gasteiger partial charge is 0.184 e. The molecule has 0 spiro atoms. The Bertz CT molecular complexity index is 735. The Morgan fingerprint density at radius 1 is 1.33 bits per heavy atom. The molecule has 0 amide bonds. The highest BCUT2D eigenvalue weighted by atomic mass is 32.1. The van der Waals surface area contributed by atoms with Crippen LogP contribution < -0.4 is 20.6 Å². The molecule has 3 N–H and O–H groups in total. The molecular formula is C20H30N4O2S. The zero-order chi connectivity index (χ0) is 19.6. The molecule has 3 rings (SSSR count). The van der Waals surface area contributed by atoms with E-state index >= 15 is 0 Å². The lowest BCUT2D eigenvalue weighted by molar-refractivity contribution is 0.147. The van der Waals surface area contributed by atoms with E-state index in [0.29, 0.717) is 17.9 Å². The van der Waals surface area contributed by atoms with Crippen molar-refractivity contribution in [2.75, 3.05) is 27.3 Å². The largest absolute Gasteiger partial charge is 0.493 e. The average molecular weight is 391 g/mol. The molecule has 148 valence electrons.